The molecule has 0 spiro atoms. The molecule has 0 heterocycles. The van der Waals surface area contributed by atoms with Crippen molar-refractivity contribution in [1.29, 1.82) is 0 Å². The molecule has 1 radical (unpaired) electrons. The van der Waals surface area contributed by atoms with Gasteiger partial charge in [0, 0.05) is 0 Å². The highest BCUT2D eigenvalue weighted by Gasteiger charge is 2.34. The van der Waals surface area contributed by atoms with E-state index in [-0.39, 0.29) is 5.97 Å². The van der Waals surface area contributed by atoms with Gasteiger partial charge in [-0.1, -0.05) is 0 Å². The highest BCUT2D eigenvalue weighted by molar-refractivity contribution is 6.74. The van der Waals surface area contributed by atoms with Crippen LogP contribution < -0.4 is 0 Å². The second-order valence-corrected chi connectivity index (χ2v) is 10.7. The molecule has 0 aromatic heterocycles. The second-order valence-electron chi connectivity index (χ2n) is 5.05. The molecule has 0 aromatic rings. The molecule has 0 unspecified atom stereocenters. The van der Waals surface area contributed by atoms with E-state index in [4.69, 9.17) is 8.54 Å². The summed E-state index contributed by atoms with van der Waals surface area (Å²) in [5.74, 6) is -0.169. The Kier molecular flexibility index (Phi) is 4.54. The van der Waals surface area contributed by atoms with Crippen LogP contribution in [-0.4, -0.2) is 23.6 Å². The Labute approximate surface area is 89.8 Å². The molecule has 0 amide bonds. The maximum absolute atomic E-state index is 11.6. The molecule has 0 atom stereocenters. The van der Waals surface area contributed by atoms with Crippen molar-refractivity contribution in [2.75, 3.05) is 0 Å². The molecule has 5 heteroatoms. The zero-order valence-electron chi connectivity index (χ0n) is 10.2. The maximum Gasteiger partial charge on any atom is 0.385 e. The van der Waals surface area contributed by atoms with Crippen LogP contribution in [0.15, 0.2) is 0 Å². The fourth-order valence-electron chi connectivity index (χ4n) is 0.889. The number of carbonyl (C=O) groups is 1. The van der Waals surface area contributed by atoms with Crippen LogP contribution >= 0.6 is 0 Å². The molecule has 14 heavy (non-hydrogen) atoms. The molecule has 0 saturated carbocycles. The van der Waals surface area contributed by atoms with Crippen molar-refractivity contribution < 1.29 is 13.3 Å². The van der Waals surface area contributed by atoms with Crippen LogP contribution in [0.4, 0.5) is 0 Å². The summed E-state index contributed by atoms with van der Waals surface area (Å²) in [6, 6.07) is 0. The fourth-order valence-corrected chi connectivity index (χ4v) is 5.74. The Morgan fingerprint density at radius 1 is 1.21 bits per heavy atom. The van der Waals surface area contributed by atoms with E-state index in [1.165, 1.54) is 0 Å². The quantitative estimate of drug-likeness (QED) is 0.703. The lowest BCUT2D eigenvalue weighted by Gasteiger charge is -2.28. The van der Waals surface area contributed by atoms with Gasteiger partial charge in [-0.25, -0.2) is 0 Å². The van der Waals surface area contributed by atoms with E-state index in [9.17, 15) is 4.79 Å². The van der Waals surface area contributed by atoms with Gasteiger partial charge in [0.05, 0.1) is 5.41 Å². The first-order valence-corrected chi connectivity index (χ1v) is 10.00. The molecule has 0 rings (SSSR count). The van der Waals surface area contributed by atoms with Crippen LogP contribution in [0.1, 0.15) is 20.8 Å². The summed E-state index contributed by atoms with van der Waals surface area (Å²) in [7, 11) is -3.04. The standard InChI is InChI=1S/C9H21O3Si2/c1-9(2,3)8(10)11-14(6,7)12-13(4)5/h1-7H3. The van der Waals surface area contributed by atoms with Crippen molar-refractivity contribution in [3.63, 3.8) is 0 Å². The average molecular weight is 233 g/mol. The third-order valence-corrected chi connectivity index (χ3v) is 5.68. The van der Waals surface area contributed by atoms with Crippen LogP contribution in [0.2, 0.25) is 26.2 Å². The number of hydrogen-bond donors (Lipinski definition) is 0. The highest BCUT2D eigenvalue weighted by atomic mass is 28.4. The first kappa shape index (κ1) is 13.9. The minimum absolute atomic E-state index is 0.169. The van der Waals surface area contributed by atoms with Gasteiger partial charge in [-0.05, 0) is 47.0 Å². The minimum Gasteiger partial charge on any atom is -0.495 e. The van der Waals surface area contributed by atoms with Gasteiger partial charge in [0.2, 0.25) is 0 Å². The van der Waals surface area contributed by atoms with Gasteiger partial charge in [-0.3, -0.25) is 4.79 Å². The lowest BCUT2D eigenvalue weighted by molar-refractivity contribution is -0.144. The SMILES string of the molecule is C[Si](C)O[Si](C)(C)OC(=O)C(C)(C)C. The predicted molar refractivity (Wildman–Crippen MR) is 61.6 cm³/mol. The van der Waals surface area contributed by atoms with Crippen LogP contribution in [0, 0.1) is 5.41 Å². The molecular formula is C9H21O3Si2. The van der Waals surface area contributed by atoms with E-state index in [2.05, 4.69) is 0 Å². The van der Waals surface area contributed by atoms with Crippen molar-refractivity contribution in [1.82, 2.24) is 0 Å². The van der Waals surface area contributed by atoms with E-state index >= 15 is 0 Å². The summed E-state index contributed by atoms with van der Waals surface area (Å²) < 4.78 is 11.1. The van der Waals surface area contributed by atoms with Crippen LogP contribution in [-0.2, 0) is 13.3 Å². The van der Waals surface area contributed by atoms with E-state index in [1.54, 1.807) is 0 Å². The normalized spacial score (nSPS) is 13.1. The molecule has 0 saturated heterocycles. The average Bonchev–Trinajstić information content (AvgIpc) is 1.79. The van der Waals surface area contributed by atoms with Gasteiger partial charge in [0.25, 0.3) is 5.97 Å². The molecule has 0 aromatic carbocycles. The number of rotatable bonds is 3. The highest BCUT2D eigenvalue weighted by Crippen LogP contribution is 2.19. The summed E-state index contributed by atoms with van der Waals surface area (Å²) in [5.41, 5.74) is -0.442. The Bertz CT molecular complexity index is 207. The van der Waals surface area contributed by atoms with Crippen LogP contribution in [0.25, 0.3) is 0 Å². The van der Waals surface area contributed by atoms with Crippen molar-refractivity contribution in [2.45, 2.75) is 47.0 Å². The monoisotopic (exact) mass is 233 g/mol. The Morgan fingerprint density at radius 3 is 1.93 bits per heavy atom. The van der Waals surface area contributed by atoms with Gasteiger partial charge < -0.3 is 8.54 Å². The Hall–Kier alpha value is -0.136. The largest absolute Gasteiger partial charge is 0.495 e. The third-order valence-electron chi connectivity index (χ3n) is 1.40. The number of carbonyl (C=O) groups excluding carboxylic acids is 1. The summed E-state index contributed by atoms with van der Waals surface area (Å²) in [6.45, 7) is 13.5. The van der Waals surface area contributed by atoms with Gasteiger partial charge >= 0.3 is 8.56 Å². The van der Waals surface area contributed by atoms with Crippen LogP contribution in [0.5, 0.6) is 0 Å². The maximum atomic E-state index is 11.6. The van der Waals surface area contributed by atoms with Gasteiger partial charge in [0.15, 0.2) is 9.04 Å². The molecular weight excluding hydrogens is 212 g/mol. The van der Waals surface area contributed by atoms with E-state index in [0.717, 1.165) is 0 Å². The van der Waals surface area contributed by atoms with Crippen molar-refractivity contribution >= 4 is 23.6 Å². The Balaban J connectivity index is 4.30. The van der Waals surface area contributed by atoms with Gasteiger partial charge in [-0.15, -0.1) is 0 Å². The first-order valence-electron chi connectivity index (χ1n) is 4.77. The molecule has 0 aliphatic rings. The predicted octanol–water partition coefficient (Wildman–Crippen LogP) is 2.55. The zero-order chi connectivity index (χ0) is 11.6. The van der Waals surface area contributed by atoms with Gasteiger partial charge in [0.1, 0.15) is 0 Å². The molecule has 0 bridgehead atoms. The van der Waals surface area contributed by atoms with E-state index in [1.807, 2.05) is 47.0 Å². The van der Waals surface area contributed by atoms with Crippen molar-refractivity contribution in [3.8, 4) is 0 Å². The Morgan fingerprint density at radius 2 is 1.64 bits per heavy atom. The molecule has 0 fully saturated rings. The lowest BCUT2D eigenvalue weighted by atomic mass is 9.98. The zero-order valence-corrected chi connectivity index (χ0v) is 12.2. The van der Waals surface area contributed by atoms with E-state index in [0.29, 0.717) is 0 Å². The topological polar surface area (TPSA) is 35.5 Å². The third kappa shape index (κ3) is 5.56. The van der Waals surface area contributed by atoms with Gasteiger partial charge in [-0.2, -0.15) is 0 Å². The molecule has 0 aliphatic carbocycles. The van der Waals surface area contributed by atoms with Crippen molar-refractivity contribution in [3.05, 3.63) is 0 Å². The lowest BCUT2D eigenvalue weighted by Crippen LogP contribution is -2.43. The number of hydrogen-bond acceptors (Lipinski definition) is 3. The minimum atomic E-state index is -2.24. The summed E-state index contributed by atoms with van der Waals surface area (Å²) in [6.07, 6.45) is 0. The fraction of sp³-hybridized carbons (Fsp3) is 0.889. The second kappa shape index (κ2) is 4.59. The molecule has 3 nitrogen and oxygen atoms in total. The van der Waals surface area contributed by atoms with E-state index < -0.39 is 23.0 Å². The first-order chi connectivity index (χ1) is 6.04. The summed E-state index contributed by atoms with van der Waals surface area (Å²) in [5, 5.41) is 0. The van der Waals surface area contributed by atoms with Crippen LogP contribution in [0.3, 0.4) is 0 Å². The van der Waals surface area contributed by atoms with Crippen molar-refractivity contribution in [2.24, 2.45) is 5.41 Å². The summed E-state index contributed by atoms with van der Waals surface area (Å²) >= 11 is 0. The molecule has 0 N–H and O–H groups in total. The smallest absolute Gasteiger partial charge is 0.385 e. The summed E-state index contributed by atoms with van der Waals surface area (Å²) in [4.78, 5) is 11.6. The molecule has 0 aliphatic heterocycles. The molecule has 83 valence electrons.